The summed E-state index contributed by atoms with van der Waals surface area (Å²) < 4.78 is 14.1. The molecule has 1 fully saturated rings. The van der Waals surface area contributed by atoms with Crippen LogP contribution in [0.2, 0.25) is 0 Å². The van der Waals surface area contributed by atoms with Gasteiger partial charge >= 0.3 is 0 Å². The second kappa shape index (κ2) is 5.35. The van der Waals surface area contributed by atoms with Gasteiger partial charge < -0.3 is 5.32 Å². The minimum Gasteiger partial charge on any atom is -0.326 e. The van der Waals surface area contributed by atoms with Gasteiger partial charge in [-0.3, -0.25) is 9.59 Å². The normalized spacial score (nSPS) is 19.4. The molecule has 0 bridgehead atoms. The Balaban J connectivity index is 1.89. The lowest BCUT2D eigenvalue weighted by Crippen LogP contribution is -2.22. The lowest BCUT2D eigenvalue weighted by molar-refractivity contribution is -0.116. The Morgan fingerprint density at radius 3 is 2.65 bits per heavy atom. The Kier molecular flexibility index (Phi) is 3.55. The van der Waals surface area contributed by atoms with E-state index in [-0.39, 0.29) is 23.2 Å². The summed E-state index contributed by atoms with van der Waals surface area (Å²) in [5.74, 6) is -0.707. The van der Waals surface area contributed by atoms with Crippen LogP contribution in [0.25, 0.3) is 0 Å². The average Bonchev–Trinajstić information content (AvgIpc) is 2.46. The second-order valence-electron chi connectivity index (χ2n) is 5.74. The second-order valence-corrected chi connectivity index (χ2v) is 5.74. The Morgan fingerprint density at radius 2 is 1.90 bits per heavy atom. The predicted octanol–water partition coefficient (Wildman–Crippen LogP) is 3.47. The molecule has 0 unspecified atom stereocenters. The quantitative estimate of drug-likeness (QED) is 0.840. The first kappa shape index (κ1) is 13.3. The third-order valence-electron chi connectivity index (χ3n) is 4.33. The summed E-state index contributed by atoms with van der Waals surface area (Å²) in [6.45, 7) is 0. The number of halogens is 1. The number of amides is 1. The zero-order chi connectivity index (χ0) is 14.1. The Labute approximate surface area is 117 Å². The Morgan fingerprint density at radius 1 is 1.15 bits per heavy atom. The van der Waals surface area contributed by atoms with Gasteiger partial charge in [0.1, 0.15) is 5.82 Å². The molecule has 0 atom stereocenters. The number of aryl methyl sites for hydroxylation is 1. The van der Waals surface area contributed by atoms with Crippen LogP contribution in [0.1, 0.15) is 54.4 Å². The van der Waals surface area contributed by atoms with Gasteiger partial charge in [0.2, 0.25) is 5.91 Å². The number of benzene rings is 1. The molecular weight excluding hydrogens is 257 g/mol. The maximum absolute atomic E-state index is 14.1. The van der Waals surface area contributed by atoms with E-state index in [9.17, 15) is 14.0 Å². The first-order valence-corrected chi connectivity index (χ1v) is 7.31. The van der Waals surface area contributed by atoms with Crippen molar-refractivity contribution in [3.63, 3.8) is 0 Å². The van der Waals surface area contributed by atoms with Crippen LogP contribution in [-0.4, -0.2) is 11.7 Å². The maximum Gasteiger partial charge on any atom is 0.224 e. The highest BCUT2D eigenvalue weighted by Gasteiger charge is 2.26. The van der Waals surface area contributed by atoms with Gasteiger partial charge in [-0.15, -0.1) is 0 Å². The topological polar surface area (TPSA) is 46.2 Å². The van der Waals surface area contributed by atoms with Crippen LogP contribution in [-0.2, 0) is 11.2 Å². The highest BCUT2D eigenvalue weighted by Crippen LogP contribution is 2.31. The van der Waals surface area contributed by atoms with Gasteiger partial charge in [-0.1, -0.05) is 19.3 Å². The summed E-state index contributed by atoms with van der Waals surface area (Å²) in [4.78, 5) is 23.7. The highest BCUT2D eigenvalue weighted by atomic mass is 19.1. The monoisotopic (exact) mass is 275 g/mol. The van der Waals surface area contributed by atoms with E-state index in [4.69, 9.17) is 0 Å². The number of carbonyl (C=O) groups is 2. The molecule has 0 saturated heterocycles. The van der Waals surface area contributed by atoms with Crippen LogP contribution in [0, 0.1) is 11.7 Å². The van der Waals surface area contributed by atoms with Crippen molar-refractivity contribution >= 4 is 17.4 Å². The third-order valence-corrected chi connectivity index (χ3v) is 4.33. The van der Waals surface area contributed by atoms with Gasteiger partial charge in [0.05, 0.1) is 5.56 Å². The van der Waals surface area contributed by atoms with E-state index in [0.717, 1.165) is 31.2 Å². The standard InChI is InChI=1S/C16H18FNO2/c17-13-9-14-11(6-7-15(19)18-14)8-12(13)16(20)10-4-2-1-3-5-10/h8-10H,1-7H2,(H,18,19). The molecular formula is C16H18FNO2. The highest BCUT2D eigenvalue weighted by molar-refractivity contribution is 6.00. The summed E-state index contributed by atoms with van der Waals surface area (Å²) in [6.07, 6.45) is 5.99. The largest absolute Gasteiger partial charge is 0.326 e. The minimum absolute atomic E-state index is 0.0329. The van der Waals surface area contributed by atoms with E-state index in [1.807, 2.05) is 0 Å². The van der Waals surface area contributed by atoms with Gasteiger partial charge in [-0.2, -0.15) is 0 Å². The van der Waals surface area contributed by atoms with Crippen LogP contribution in [0.4, 0.5) is 10.1 Å². The third kappa shape index (κ3) is 2.47. The van der Waals surface area contributed by atoms with Crippen LogP contribution in [0.15, 0.2) is 12.1 Å². The molecule has 1 aromatic carbocycles. The SMILES string of the molecule is O=C1CCc2cc(C(=O)C3CCCCC3)c(F)cc2N1. The van der Waals surface area contributed by atoms with Gasteiger partial charge in [0.15, 0.2) is 5.78 Å². The molecule has 3 rings (SSSR count). The number of ketones is 1. The number of Topliss-reactive ketones (excluding diaryl/α,β-unsaturated/α-hetero) is 1. The van der Waals surface area contributed by atoms with Gasteiger partial charge in [0.25, 0.3) is 0 Å². The molecule has 0 aromatic heterocycles. The molecule has 1 amide bonds. The number of anilines is 1. The van der Waals surface area contributed by atoms with E-state index >= 15 is 0 Å². The number of hydrogen-bond acceptors (Lipinski definition) is 2. The number of carbonyl (C=O) groups excluding carboxylic acids is 2. The van der Waals surface area contributed by atoms with Crippen molar-refractivity contribution in [2.45, 2.75) is 44.9 Å². The summed E-state index contributed by atoms with van der Waals surface area (Å²) in [7, 11) is 0. The molecule has 1 aliphatic carbocycles. The van der Waals surface area contributed by atoms with Crippen molar-refractivity contribution in [1.82, 2.24) is 0 Å². The summed E-state index contributed by atoms with van der Waals surface area (Å²) in [5, 5.41) is 2.66. The van der Waals surface area contributed by atoms with Crippen LogP contribution in [0.5, 0.6) is 0 Å². The Hall–Kier alpha value is -1.71. The average molecular weight is 275 g/mol. The molecule has 0 radical (unpaired) electrons. The van der Waals surface area contributed by atoms with Gasteiger partial charge in [0, 0.05) is 18.0 Å². The molecule has 3 nitrogen and oxygen atoms in total. The van der Waals surface area contributed by atoms with Gasteiger partial charge in [-0.25, -0.2) is 4.39 Å². The molecule has 1 aliphatic heterocycles. The van der Waals surface area contributed by atoms with E-state index in [0.29, 0.717) is 18.5 Å². The lowest BCUT2D eigenvalue weighted by atomic mass is 9.83. The zero-order valence-electron chi connectivity index (χ0n) is 11.4. The predicted molar refractivity (Wildman–Crippen MR) is 74.3 cm³/mol. The first-order chi connectivity index (χ1) is 9.65. The number of hydrogen-bond donors (Lipinski definition) is 1. The lowest BCUT2D eigenvalue weighted by Gasteiger charge is -2.22. The minimum atomic E-state index is -0.512. The maximum atomic E-state index is 14.1. The smallest absolute Gasteiger partial charge is 0.224 e. The fourth-order valence-electron chi connectivity index (χ4n) is 3.18. The molecule has 1 saturated carbocycles. The fourth-order valence-corrected chi connectivity index (χ4v) is 3.18. The van der Waals surface area contributed by atoms with E-state index < -0.39 is 5.82 Å². The number of fused-ring (bicyclic) bond motifs is 1. The molecule has 4 heteroatoms. The summed E-state index contributed by atoms with van der Waals surface area (Å²) in [6, 6.07) is 2.93. The molecule has 20 heavy (non-hydrogen) atoms. The number of nitrogens with one attached hydrogen (secondary N) is 1. The summed E-state index contributed by atoms with van der Waals surface area (Å²) in [5.41, 5.74) is 1.58. The molecule has 1 N–H and O–H groups in total. The van der Waals surface area contributed by atoms with Crippen molar-refractivity contribution in [3.05, 3.63) is 29.1 Å². The van der Waals surface area contributed by atoms with Gasteiger partial charge in [-0.05, 0) is 37.0 Å². The molecule has 2 aliphatic rings. The molecule has 106 valence electrons. The first-order valence-electron chi connectivity index (χ1n) is 7.31. The molecule has 1 aromatic rings. The van der Waals surface area contributed by atoms with Crippen molar-refractivity contribution in [2.75, 3.05) is 5.32 Å². The van der Waals surface area contributed by atoms with Crippen molar-refractivity contribution in [1.29, 1.82) is 0 Å². The van der Waals surface area contributed by atoms with Crippen LogP contribution < -0.4 is 5.32 Å². The van der Waals surface area contributed by atoms with E-state index in [1.54, 1.807) is 6.07 Å². The Bertz CT molecular complexity index is 562. The number of rotatable bonds is 2. The fraction of sp³-hybridized carbons (Fsp3) is 0.500. The molecule has 1 heterocycles. The van der Waals surface area contributed by atoms with Crippen molar-refractivity contribution in [3.8, 4) is 0 Å². The van der Waals surface area contributed by atoms with Crippen molar-refractivity contribution in [2.24, 2.45) is 5.92 Å². The van der Waals surface area contributed by atoms with Crippen LogP contribution >= 0.6 is 0 Å². The van der Waals surface area contributed by atoms with E-state index in [2.05, 4.69) is 5.32 Å². The summed E-state index contributed by atoms with van der Waals surface area (Å²) >= 11 is 0. The van der Waals surface area contributed by atoms with E-state index in [1.165, 1.54) is 12.5 Å². The zero-order valence-corrected chi connectivity index (χ0v) is 11.4. The van der Waals surface area contributed by atoms with Crippen LogP contribution in [0.3, 0.4) is 0 Å². The van der Waals surface area contributed by atoms with Crippen molar-refractivity contribution < 1.29 is 14.0 Å². The molecule has 0 spiro atoms.